The molecule has 0 atom stereocenters. The summed E-state index contributed by atoms with van der Waals surface area (Å²) < 4.78 is 37.2. The summed E-state index contributed by atoms with van der Waals surface area (Å²) >= 11 is 1.14. The van der Waals surface area contributed by atoms with Gasteiger partial charge in [-0.05, 0) is 30.3 Å². The van der Waals surface area contributed by atoms with Crippen LogP contribution in [0.15, 0.2) is 46.5 Å². The normalized spacial score (nSPS) is 11.1. The summed E-state index contributed by atoms with van der Waals surface area (Å²) in [4.78, 5) is 4.38. The number of hydrogen-bond donors (Lipinski definition) is 1. The third kappa shape index (κ3) is 3.22. The van der Waals surface area contributed by atoms with Gasteiger partial charge in [-0.3, -0.25) is 0 Å². The van der Waals surface area contributed by atoms with Gasteiger partial charge in [0, 0.05) is 16.8 Å². The van der Waals surface area contributed by atoms with Crippen molar-refractivity contribution in [2.75, 3.05) is 5.73 Å². The van der Waals surface area contributed by atoms with Crippen LogP contribution in [-0.2, 0) is 6.18 Å². The standard InChI is InChI=1S/C13H8F3N3S/c14-13(15,16)9-2-4-12(19-7-9)20-11-3-1-8(6-17)5-10(11)18/h1-5,7H,18H2. The second-order valence-corrected chi connectivity index (χ2v) is 4.91. The highest BCUT2D eigenvalue weighted by Gasteiger charge is 2.30. The second-order valence-electron chi connectivity index (χ2n) is 3.85. The Bertz CT molecular complexity index is 660. The fourth-order valence-corrected chi connectivity index (χ4v) is 2.21. The molecule has 2 rings (SSSR count). The molecule has 7 heteroatoms. The van der Waals surface area contributed by atoms with Crippen molar-refractivity contribution < 1.29 is 13.2 Å². The Kier molecular flexibility index (Phi) is 3.86. The van der Waals surface area contributed by atoms with E-state index >= 15 is 0 Å². The number of hydrogen-bond acceptors (Lipinski definition) is 4. The van der Waals surface area contributed by atoms with Crippen LogP contribution < -0.4 is 5.73 Å². The van der Waals surface area contributed by atoms with Crippen LogP contribution in [0.4, 0.5) is 18.9 Å². The first kappa shape index (κ1) is 14.2. The van der Waals surface area contributed by atoms with E-state index < -0.39 is 11.7 Å². The van der Waals surface area contributed by atoms with E-state index in [1.54, 1.807) is 12.1 Å². The summed E-state index contributed by atoms with van der Waals surface area (Å²) in [6, 6.07) is 8.93. The molecule has 0 saturated heterocycles. The number of alkyl halides is 3. The molecular formula is C13H8F3N3S. The van der Waals surface area contributed by atoms with Crippen molar-refractivity contribution in [1.29, 1.82) is 5.26 Å². The highest BCUT2D eigenvalue weighted by Crippen LogP contribution is 2.33. The lowest BCUT2D eigenvalue weighted by atomic mass is 10.2. The first-order valence-corrected chi connectivity index (χ1v) is 6.22. The van der Waals surface area contributed by atoms with Crippen LogP contribution >= 0.6 is 11.8 Å². The number of rotatable bonds is 2. The molecule has 20 heavy (non-hydrogen) atoms. The number of nitriles is 1. The molecule has 0 unspecified atom stereocenters. The van der Waals surface area contributed by atoms with Crippen molar-refractivity contribution in [3.63, 3.8) is 0 Å². The molecule has 1 aromatic carbocycles. The Morgan fingerprint density at radius 3 is 2.45 bits per heavy atom. The summed E-state index contributed by atoms with van der Waals surface area (Å²) in [5, 5.41) is 9.12. The van der Waals surface area contributed by atoms with E-state index in [0.717, 1.165) is 24.0 Å². The fraction of sp³-hybridized carbons (Fsp3) is 0.0769. The number of nitrogens with zero attached hydrogens (tertiary/aromatic N) is 2. The number of benzene rings is 1. The number of anilines is 1. The molecule has 0 saturated carbocycles. The van der Waals surface area contributed by atoms with Crippen molar-refractivity contribution in [3.8, 4) is 6.07 Å². The Hall–Kier alpha value is -2.20. The summed E-state index contributed by atoms with van der Waals surface area (Å²) in [7, 11) is 0. The van der Waals surface area contributed by atoms with Crippen LogP contribution in [0, 0.1) is 11.3 Å². The Balaban J connectivity index is 2.21. The zero-order valence-electron chi connectivity index (χ0n) is 9.98. The molecule has 2 aromatic rings. The van der Waals surface area contributed by atoms with Crippen molar-refractivity contribution in [3.05, 3.63) is 47.7 Å². The van der Waals surface area contributed by atoms with Gasteiger partial charge in [0.2, 0.25) is 0 Å². The Morgan fingerprint density at radius 2 is 1.95 bits per heavy atom. The lowest BCUT2D eigenvalue weighted by Gasteiger charge is -2.08. The van der Waals surface area contributed by atoms with Gasteiger partial charge in [-0.2, -0.15) is 18.4 Å². The zero-order chi connectivity index (χ0) is 14.8. The molecule has 0 spiro atoms. The van der Waals surface area contributed by atoms with E-state index in [2.05, 4.69) is 4.98 Å². The van der Waals surface area contributed by atoms with Gasteiger partial charge in [-0.25, -0.2) is 4.98 Å². The molecule has 2 N–H and O–H groups in total. The molecule has 0 bridgehead atoms. The third-order valence-electron chi connectivity index (χ3n) is 2.42. The van der Waals surface area contributed by atoms with Gasteiger partial charge in [0.25, 0.3) is 0 Å². The second kappa shape index (κ2) is 5.43. The minimum Gasteiger partial charge on any atom is -0.398 e. The molecule has 0 aliphatic rings. The quantitative estimate of drug-likeness (QED) is 0.858. The van der Waals surface area contributed by atoms with Gasteiger partial charge in [-0.15, -0.1) is 0 Å². The van der Waals surface area contributed by atoms with E-state index in [1.165, 1.54) is 12.1 Å². The largest absolute Gasteiger partial charge is 0.417 e. The number of pyridine rings is 1. The lowest BCUT2D eigenvalue weighted by molar-refractivity contribution is -0.137. The van der Waals surface area contributed by atoms with E-state index in [0.29, 0.717) is 21.2 Å². The molecule has 0 amide bonds. The summed E-state index contributed by atoms with van der Waals surface area (Å²) in [5.74, 6) is 0. The fourth-order valence-electron chi connectivity index (χ4n) is 1.43. The third-order valence-corrected chi connectivity index (χ3v) is 3.46. The summed E-state index contributed by atoms with van der Waals surface area (Å²) in [5.41, 5.74) is 5.78. The molecule has 0 aliphatic carbocycles. The van der Waals surface area contributed by atoms with Crippen LogP contribution in [0.5, 0.6) is 0 Å². The zero-order valence-corrected chi connectivity index (χ0v) is 10.8. The van der Waals surface area contributed by atoms with Gasteiger partial charge in [0.15, 0.2) is 0 Å². The first-order valence-electron chi connectivity index (χ1n) is 5.41. The maximum atomic E-state index is 12.4. The minimum atomic E-state index is -4.40. The van der Waals surface area contributed by atoms with Crippen molar-refractivity contribution in [2.24, 2.45) is 0 Å². The molecule has 0 fully saturated rings. The summed E-state index contributed by atoms with van der Waals surface area (Å²) in [6.45, 7) is 0. The number of aromatic nitrogens is 1. The van der Waals surface area contributed by atoms with Crippen LogP contribution in [0.1, 0.15) is 11.1 Å². The minimum absolute atomic E-state index is 0.385. The first-order chi connectivity index (χ1) is 9.40. The van der Waals surface area contributed by atoms with Crippen LogP contribution in [-0.4, -0.2) is 4.98 Å². The highest BCUT2D eigenvalue weighted by atomic mass is 32.2. The van der Waals surface area contributed by atoms with Crippen molar-refractivity contribution in [1.82, 2.24) is 4.98 Å². The Morgan fingerprint density at radius 1 is 1.20 bits per heavy atom. The topological polar surface area (TPSA) is 62.7 Å². The van der Waals surface area contributed by atoms with E-state index in [1.807, 2.05) is 6.07 Å². The predicted molar refractivity (Wildman–Crippen MR) is 68.9 cm³/mol. The average Bonchev–Trinajstić information content (AvgIpc) is 2.40. The van der Waals surface area contributed by atoms with Gasteiger partial charge in [-0.1, -0.05) is 11.8 Å². The van der Waals surface area contributed by atoms with E-state index in [-0.39, 0.29) is 0 Å². The molecular weight excluding hydrogens is 287 g/mol. The lowest BCUT2D eigenvalue weighted by Crippen LogP contribution is -2.05. The SMILES string of the molecule is N#Cc1ccc(Sc2ccc(C(F)(F)F)cn2)c(N)c1. The maximum absolute atomic E-state index is 12.4. The molecule has 102 valence electrons. The van der Waals surface area contributed by atoms with E-state index in [4.69, 9.17) is 11.0 Å². The van der Waals surface area contributed by atoms with Crippen LogP contribution in [0.25, 0.3) is 0 Å². The van der Waals surface area contributed by atoms with Gasteiger partial charge >= 0.3 is 6.18 Å². The molecule has 1 heterocycles. The molecule has 0 radical (unpaired) electrons. The predicted octanol–water partition coefficient (Wildman–Crippen LogP) is 3.71. The number of nitrogen functional groups attached to an aromatic ring is 1. The van der Waals surface area contributed by atoms with Gasteiger partial charge < -0.3 is 5.73 Å². The highest BCUT2D eigenvalue weighted by molar-refractivity contribution is 7.99. The smallest absolute Gasteiger partial charge is 0.398 e. The molecule has 3 nitrogen and oxygen atoms in total. The molecule has 1 aromatic heterocycles. The number of halogens is 3. The van der Waals surface area contributed by atoms with Crippen molar-refractivity contribution >= 4 is 17.4 Å². The van der Waals surface area contributed by atoms with Crippen LogP contribution in [0.3, 0.4) is 0 Å². The van der Waals surface area contributed by atoms with Crippen LogP contribution in [0.2, 0.25) is 0 Å². The van der Waals surface area contributed by atoms with E-state index in [9.17, 15) is 13.2 Å². The Labute approximate surface area is 117 Å². The van der Waals surface area contributed by atoms with Gasteiger partial charge in [0.05, 0.1) is 17.2 Å². The summed E-state index contributed by atoms with van der Waals surface area (Å²) in [6.07, 6.45) is -3.62. The maximum Gasteiger partial charge on any atom is 0.417 e. The van der Waals surface area contributed by atoms with Crippen molar-refractivity contribution in [2.45, 2.75) is 16.1 Å². The monoisotopic (exact) mass is 295 g/mol. The van der Waals surface area contributed by atoms with Gasteiger partial charge in [0.1, 0.15) is 5.03 Å². The molecule has 0 aliphatic heterocycles. The number of nitrogens with two attached hydrogens (primary N) is 1. The average molecular weight is 295 g/mol.